The zero-order valence-electron chi connectivity index (χ0n) is 27.0. The number of aliphatic hydroxyl groups excluding tert-OH is 1. The molecule has 3 N–H and O–H groups in total. The van der Waals surface area contributed by atoms with Crippen LogP contribution in [-0.4, -0.2) is 92.6 Å². The Bertz CT molecular complexity index is 1550. The molecule has 5 unspecified atom stereocenters. The highest BCUT2D eigenvalue weighted by molar-refractivity contribution is 5.95. The molecule has 0 radical (unpaired) electrons. The Morgan fingerprint density at radius 2 is 2.04 bits per heavy atom. The molecule has 2 aromatic heterocycles. The maximum atomic E-state index is 13.6. The monoisotopic (exact) mass is 664 g/mol. The molecular formula is C33H40N6O9. The maximum Gasteiger partial charge on any atom is 0.412 e. The van der Waals surface area contributed by atoms with Crippen molar-refractivity contribution in [3.8, 4) is 0 Å². The summed E-state index contributed by atoms with van der Waals surface area (Å²) in [5.41, 5.74) is 0.620. The number of cyclic esters (lactones) is 1. The van der Waals surface area contributed by atoms with E-state index in [1.54, 1.807) is 39.0 Å². The SMILES string of the molecule is CC1=C\C(O)CC(=O)Cc2nc(co2)C(=O)N2CCCC2C(=O)OC(C(C)COC(=O)Nc2cnccn2)C(C)/C=C/C(=O)NC\C=C\1. The number of Topliss-reactive ketones (excluding diaryl/α,β-unsaturated/α-hetero) is 1. The third-order valence-corrected chi connectivity index (χ3v) is 7.73. The average Bonchev–Trinajstić information content (AvgIpc) is 3.73. The molecule has 0 saturated carbocycles. The van der Waals surface area contributed by atoms with Gasteiger partial charge in [-0.3, -0.25) is 24.7 Å². The minimum atomic E-state index is -1.05. The Morgan fingerprint density at radius 3 is 2.81 bits per heavy atom. The van der Waals surface area contributed by atoms with Gasteiger partial charge in [0, 0.05) is 43.7 Å². The molecule has 0 spiro atoms. The number of hydrogen-bond acceptors (Lipinski definition) is 12. The number of aliphatic hydroxyl groups is 1. The van der Waals surface area contributed by atoms with Crippen molar-refractivity contribution in [2.45, 2.75) is 64.7 Å². The van der Waals surface area contributed by atoms with Gasteiger partial charge in [0.15, 0.2) is 11.5 Å². The standard InChI is InChI=1S/C33H40N6O9/c1-20-6-4-10-36-28(42)9-8-21(2)30(22(3)18-47-33(45)38-27-17-34-11-12-35-27)48-32(44)26-7-5-13-39(26)31(43)25-19-46-29(37-25)16-24(41)15-23(40)14-20/h4,6,8-9,11-12,14,17,19,21-23,26,30,40H,5,7,10,13,15-16,18H2,1-3H3,(H,36,42)(H,35,38,45)/b6-4+,9-8+,20-14+. The van der Waals surface area contributed by atoms with Crippen LogP contribution < -0.4 is 10.6 Å². The fourth-order valence-electron chi connectivity index (χ4n) is 5.36. The molecule has 1 fully saturated rings. The molecular weight excluding hydrogens is 624 g/mol. The zero-order valence-corrected chi connectivity index (χ0v) is 27.0. The number of nitrogens with one attached hydrogen (secondary N) is 2. The number of carbonyl (C=O) groups excluding carboxylic acids is 5. The lowest BCUT2D eigenvalue weighted by molar-refractivity contribution is -0.159. The molecule has 3 amide bonds. The molecule has 256 valence electrons. The Morgan fingerprint density at radius 1 is 1.23 bits per heavy atom. The quantitative estimate of drug-likeness (QED) is 0.404. The van der Waals surface area contributed by atoms with E-state index in [1.165, 1.54) is 35.6 Å². The first-order chi connectivity index (χ1) is 23.0. The van der Waals surface area contributed by atoms with Gasteiger partial charge in [0.25, 0.3) is 5.91 Å². The lowest BCUT2D eigenvalue weighted by Gasteiger charge is -2.30. The lowest BCUT2D eigenvalue weighted by Crippen LogP contribution is -2.44. The van der Waals surface area contributed by atoms with Gasteiger partial charge in [-0.05, 0) is 25.8 Å². The highest BCUT2D eigenvalue weighted by atomic mass is 16.6. The molecule has 15 heteroatoms. The third kappa shape index (κ3) is 10.4. The van der Waals surface area contributed by atoms with E-state index in [9.17, 15) is 29.1 Å². The van der Waals surface area contributed by atoms with Gasteiger partial charge in [-0.2, -0.15) is 0 Å². The van der Waals surface area contributed by atoms with E-state index in [1.807, 2.05) is 0 Å². The number of ether oxygens (including phenoxy) is 2. The molecule has 4 rings (SSSR count). The van der Waals surface area contributed by atoms with Crippen LogP contribution in [0, 0.1) is 11.8 Å². The van der Waals surface area contributed by atoms with Gasteiger partial charge in [0.1, 0.15) is 24.2 Å². The second-order valence-electron chi connectivity index (χ2n) is 11.7. The van der Waals surface area contributed by atoms with Crippen molar-refractivity contribution >= 4 is 35.5 Å². The van der Waals surface area contributed by atoms with Gasteiger partial charge >= 0.3 is 12.1 Å². The van der Waals surface area contributed by atoms with Crippen LogP contribution in [0.3, 0.4) is 0 Å². The fraction of sp³-hybridized carbons (Fsp3) is 0.455. The van der Waals surface area contributed by atoms with Crippen molar-refractivity contribution in [3.05, 3.63) is 72.4 Å². The van der Waals surface area contributed by atoms with Gasteiger partial charge in [0.2, 0.25) is 11.8 Å². The predicted molar refractivity (Wildman–Crippen MR) is 170 cm³/mol. The second kappa shape index (κ2) is 17.1. The van der Waals surface area contributed by atoms with Gasteiger partial charge in [-0.1, -0.05) is 43.7 Å². The molecule has 5 atom stereocenters. The summed E-state index contributed by atoms with van der Waals surface area (Å²) in [6.45, 7) is 5.56. The van der Waals surface area contributed by atoms with Crippen molar-refractivity contribution < 1.29 is 43.0 Å². The Labute approximate surface area is 277 Å². The smallest absolute Gasteiger partial charge is 0.412 e. The van der Waals surface area contributed by atoms with Crippen molar-refractivity contribution in [3.63, 3.8) is 0 Å². The van der Waals surface area contributed by atoms with Crippen LogP contribution >= 0.6 is 0 Å². The molecule has 0 aromatic carbocycles. The molecule has 2 aromatic rings. The van der Waals surface area contributed by atoms with Crippen LogP contribution in [0.1, 0.15) is 56.4 Å². The average molecular weight is 665 g/mol. The highest BCUT2D eigenvalue weighted by Crippen LogP contribution is 2.26. The highest BCUT2D eigenvalue weighted by Gasteiger charge is 2.39. The van der Waals surface area contributed by atoms with Gasteiger partial charge < -0.3 is 29.2 Å². The van der Waals surface area contributed by atoms with E-state index in [4.69, 9.17) is 13.9 Å². The summed E-state index contributed by atoms with van der Waals surface area (Å²) in [6.07, 6.45) is 11.0. The van der Waals surface area contributed by atoms with Gasteiger partial charge in [0.05, 0.1) is 25.3 Å². The molecule has 2 aliphatic rings. The van der Waals surface area contributed by atoms with Crippen LogP contribution in [-0.2, 0) is 30.3 Å². The molecule has 15 nitrogen and oxygen atoms in total. The van der Waals surface area contributed by atoms with E-state index < -0.39 is 54.0 Å². The van der Waals surface area contributed by atoms with E-state index in [2.05, 4.69) is 25.6 Å². The number of fused-ring (bicyclic) bond motifs is 3. The van der Waals surface area contributed by atoms with Gasteiger partial charge in [-0.25, -0.2) is 19.6 Å². The number of rotatable bonds is 4. The largest absolute Gasteiger partial charge is 0.460 e. The normalized spacial score (nSPS) is 26.2. The molecule has 4 heterocycles. The summed E-state index contributed by atoms with van der Waals surface area (Å²) in [5.74, 6) is -2.79. The first-order valence-electron chi connectivity index (χ1n) is 15.7. The number of hydrogen-bond donors (Lipinski definition) is 3. The minimum Gasteiger partial charge on any atom is -0.460 e. The molecule has 2 aliphatic heterocycles. The summed E-state index contributed by atoms with van der Waals surface area (Å²) in [6, 6.07) is -0.923. The Kier molecular flexibility index (Phi) is 12.7. The summed E-state index contributed by atoms with van der Waals surface area (Å²) in [7, 11) is 0. The first kappa shape index (κ1) is 35.7. The second-order valence-corrected chi connectivity index (χ2v) is 11.7. The van der Waals surface area contributed by atoms with Crippen molar-refractivity contribution in [2.75, 3.05) is 25.0 Å². The number of anilines is 1. The fourth-order valence-corrected chi connectivity index (χ4v) is 5.36. The van der Waals surface area contributed by atoms with Crippen LogP contribution in [0.2, 0.25) is 0 Å². The van der Waals surface area contributed by atoms with Crippen molar-refractivity contribution in [1.29, 1.82) is 0 Å². The van der Waals surface area contributed by atoms with E-state index in [0.29, 0.717) is 18.4 Å². The first-order valence-corrected chi connectivity index (χ1v) is 15.7. The zero-order chi connectivity index (χ0) is 34.6. The summed E-state index contributed by atoms with van der Waals surface area (Å²) >= 11 is 0. The van der Waals surface area contributed by atoms with Gasteiger partial charge in [-0.15, -0.1) is 0 Å². The van der Waals surface area contributed by atoms with Crippen LogP contribution in [0.15, 0.2) is 65.2 Å². The summed E-state index contributed by atoms with van der Waals surface area (Å²) < 4.78 is 16.7. The number of amides is 3. The molecule has 48 heavy (non-hydrogen) atoms. The number of nitrogens with zero attached hydrogens (tertiary/aromatic N) is 4. The number of oxazole rings is 1. The van der Waals surface area contributed by atoms with E-state index in [0.717, 1.165) is 6.26 Å². The lowest BCUT2D eigenvalue weighted by atomic mass is 9.93. The Hall–Kier alpha value is -5.18. The number of carbonyl (C=O) groups is 5. The summed E-state index contributed by atoms with van der Waals surface area (Å²) in [5, 5.41) is 15.5. The number of ketones is 1. The number of aromatic nitrogens is 3. The number of esters is 1. The van der Waals surface area contributed by atoms with Crippen LogP contribution in [0.5, 0.6) is 0 Å². The van der Waals surface area contributed by atoms with Crippen molar-refractivity contribution in [1.82, 2.24) is 25.2 Å². The molecule has 2 bridgehead atoms. The van der Waals surface area contributed by atoms with Crippen molar-refractivity contribution in [2.24, 2.45) is 11.8 Å². The Balaban J connectivity index is 1.54. The van der Waals surface area contributed by atoms with E-state index >= 15 is 0 Å². The van der Waals surface area contributed by atoms with Crippen LogP contribution in [0.25, 0.3) is 0 Å². The maximum absolute atomic E-state index is 13.6. The van der Waals surface area contributed by atoms with Crippen LogP contribution in [0.4, 0.5) is 10.6 Å². The molecule has 0 aliphatic carbocycles. The third-order valence-electron chi connectivity index (χ3n) is 7.73. The van der Waals surface area contributed by atoms with E-state index in [-0.39, 0.29) is 55.7 Å². The summed E-state index contributed by atoms with van der Waals surface area (Å²) in [4.78, 5) is 77.9. The number of allylic oxidation sites excluding steroid dienone is 2. The molecule has 1 saturated heterocycles. The minimum absolute atomic E-state index is 0.0152. The predicted octanol–water partition coefficient (Wildman–Crippen LogP) is 2.55. The topological polar surface area (TPSA) is 203 Å².